The van der Waals surface area contributed by atoms with E-state index in [9.17, 15) is 0 Å². The van der Waals surface area contributed by atoms with Crippen LogP contribution in [0.1, 0.15) is 22.9 Å². The molecule has 0 fully saturated rings. The Labute approximate surface area is 177 Å². The van der Waals surface area contributed by atoms with Gasteiger partial charge in [-0.15, -0.1) is 11.3 Å². The van der Waals surface area contributed by atoms with Gasteiger partial charge in [-0.2, -0.15) is 5.10 Å². The molecule has 0 radical (unpaired) electrons. The molecule has 1 aliphatic rings. The molecule has 0 saturated carbocycles. The number of benzene rings is 2. The summed E-state index contributed by atoms with van der Waals surface area (Å²) in [4.78, 5) is 10.2. The van der Waals surface area contributed by atoms with E-state index in [1.165, 1.54) is 0 Å². The number of hydrazone groups is 1. The first-order valence-corrected chi connectivity index (χ1v) is 10.5. The second-order valence-corrected chi connectivity index (χ2v) is 7.99. The van der Waals surface area contributed by atoms with Crippen molar-refractivity contribution in [3.63, 3.8) is 0 Å². The highest BCUT2D eigenvalue weighted by molar-refractivity contribution is 7.80. The number of para-hydroxylation sites is 2. The van der Waals surface area contributed by atoms with Crippen molar-refractivity contribution in [1.82, 2.24) is 15.0 Å². The molecule has 5 nitrogen and oxygen atoms in total. The van der Waals surface area contributed by atoms with Gasteiger partial charge >= 0.3 is 0 Å². The maximum atomic E-state index is 5.75. The Bertz CT molecular complexity index is 1180. The number of aromatic nitrogens is 2. The van der Waals surface area contributed by atoms with Crippen molar-refractivity contribution in [2.45, 2.75) is 12.5 Å². The van der Waals surface area contributed by atoms with Crippen molar-refractivity contribution in [3.8, 4) is 0 Å². The number of rotatable bonds is 3. The lowest BCUT2D eigenvalue weighted by molar-refractivity contribution is 0.377. The number of nitrogens with zero attached hydrogens (tertiary/aromatic N) is 4. The van der Waals surface area contributed by atoms with Gasteiger partial charge in [0.1, 0.15) is 0 Å². The van der Waals surface area contributed by atoms with Crippen LogP contribution in [-0.2, 0) is 0 Å². The average Bonchev–Trinajstić information content (AvgIpc) is 3.44. The van der Waals surface area contributed by atoms with Gasteiger partial charge < -0.3 is 5.32 Å². The van der Waals surface area contributed by atoms with Crippen LogP contribution in [0.3, 0.4) is 0 Å². The molecule has 0 saturated heterocycles. The highest BCUT2D eigenvalue weighted by Gasteiger charge is 2.33. The molecule has 5 rings (SSSR count). The normalized spacial score (nSPS) is 16.1. The summed E-state index contributed by atoms with van der Waals surface area (Å²) in [5, 5.41) is 12.8. The molecule has 2 aromatic heterocycles. The highest BCUT2D eigenvalue weighted by Crippen LogP contribution is 2.36. The number of fused-ring (bicyclic) bond motifs is 1. The van der Waals surface area contributed by atoms with Gasteiger partial charge in [-0.25, -0.2) is 5.01 Å². The zero-order chi connectivity index (χ0) is 19.6. The van der Waals surface area contributed by atoms with E-state index in [1.807, 2.05) is 53.5 Å². The topological polar surface area (TPSA) is 53.4 Å². The van der Waals surface area contributed by atoms with E-state index < -0.39 is 0 Å². The zero-order valence-electron chi connectivity index (χ0n) is 15.4. The van der Waals surface area contributed by atoms with E-state index in [0.717, 1.165) is 39.3 Å². The zero-order valence-corrected chi connectivity index (χ0v) is 17.0. The molecule has 0 amide bonds. The molecule has 0 unspecified atom stereocenters. The van der Waals surface area contributed by atoms with Crippen LogP contribution in [0, 0.1) is 0 Å². The lowest BCUT2D eigenvalue weighted by Crippen LogP contribution is -2.31. The van der Waals surface area contributed by atoms with E-state index >= 15 is 0 Å². The third kappa shape index (κ3) is 3.50. The van der Waals surface area contributed by atoms with Crippen molar-refractivity contribution < 1.29 is 0 Å². The number of hydrogen-bond donors (Lipinski definition) is 1. The minimum Gasteiger partial charge on any atom is -0.331 e. The van der Waals surface area contributed by atoms with Crippen LogP contribution < -0.4 is 5.32 Å². The SMILES string of the molecule is S=C(Nc1ccccc1)N1N=C(c2cccs2)C[C@H]1c1cccc2nccnc12. The standard InChI is InChI=1S/C22H17N5S2/c28-22(25-15-6-2-1-3-7-15)27-19(14-18(26-27)20-10-5-13-29-20)16-8-4-9-17-21(16)24-12-11-23-17/h1-13,19H,14H2,(H,25,28)/t19-/m0/s1. The fourth-order valence-corrected chi connectivity index (χ4v) is 4.52. The fourth-order valence-electron chi connectivity index (χ4n) is 3.52. The van der Waals surface area contributed by atoms with Crippen molar-refractivity contribution in [2.75, 3.05) is 5.32 Å². The average molecular weight is 416 g/mol. The molecular formula is C22H17N5S2. The minimum absolute atomic E-state index is 0.0452. The first-order valence-electron chi connectivity index (χ1n) is 9.26. The third-order valence-electron chi connectivity index (χ3n) is 4.84. The molecular weight excluding hydrogens is 398 g/mol. The Balaban J connectivity index is 1.55. The maximum absolute atomic E-state index is 5.75. The summed E-state index contributed by atoms with van der Waals surface area (Å²) in [6.07, 6.45) is 4.20. The highest BCUT2D eigenvalue weighted by atomic mass is 32.1. The fraction of sp³-hybridized carbons (Fsp3) is 0.0909. The summed E-state index contributed by atoms with van der Waals surface area (Å²) in [5.41, 5.74) is 4.80. The van der Waals surface area contributed by atoms with Gasteiger partial charge in [-0.1, -0.05) is 36.4 Å². The molecule has 4 aromatic rings. The Morgan fingerprint density at radius 3 is 2.69 bits per heavy atom. The number of thiophene rings is 1. The smallest absolute Gasteiger partial charge is 0.194 e. The Morgan fingerprint density at radius 1 is 1.00 bits per heavy atom. The second kappa shape index (κ2) is 7.69. The molecule has 1 aliphatic heterocycles. The lowest BCUT2D eigenvalue weighted by atomic mass is 9.99. The van der Waals surface area contributed by atoms with Crippen LogP contribution in [0.5, 0.6) is 0 Å². The van der Waals surface area contributed by atoms with Crippen LogP contribution in [0.4, 0.5) is 5.69 Å². The van der Waals surface area contributed by atoms with Crippen LogP contribution >= 0.6 is 23.6 Å². The van der Waals surface area contributed by atoms with Crippen LogP contribution in [0.2, 0.25) is 0 Å². The van der Waals surface area contributed by atoms with Crippen molar-refractivity contribution in [2.24, 2.45) is 5.10 Å². The van der Waals surface area contributed by atoms with Crippen molar-refractivity contribution >= 4 is 51.1 Å². The van der Waals surface area contributed by atoms with E-state index in [2.05, 4.69) is 32.8 Å². The monoisotopic (exact) mass is 415 g/mol. The summed E-state index contributed by atoms with van der Waals surface area (Å²) in [5.74, 6) is 0. The van der Waals surface area contributed by atoms with Crippen LogP contribution in [0.25, 0.3) is 11.0 Å². The Kier molecular flexibility index (Phi) is 4.75. The molecule has 2 aromatic carbocycles. The van der Waals surface area contributed by atoms with Gasteiger partial charge in [0.25, 0.3) is 0 Å². The van der Waals surface area contributed by atoms with Crippen molar-refractivity contribution in [3.05, 3.63) is 88.9 Å². The Hall–Kier alpha value is -3.16. The number of anilines is 1. The van der Waals surface area contributed by atoms with Crippen LogP contribution in [-0.4, -0.2) is 25.8 Å². The molecule has 0 aliphatic carbocycles. The van der Waals surface area contributed by atoms with Gasteiger partial charge in [0.2, 0.25) is 0 Å². The molecule has 0 spiro atoms. The van der Waals surface area contributed by atoms with E-state index in [4.69, 9.17) is 17.3 Å². The molecule has 0 bridgehead atoms. The summed E-state index contributed by atoms with van der Waals surface area (Å²) in [6.45, 7) is 0. The molecule has 1 N–H and O–H groups in total. The maximum Gasteiger partial charge on any atom is 0.194 e. The molecule has 3 heterocycles. The van der Waals surface area contributed by atoms with Crippen LogP contribution in [0.15, 0.2) is 83.5 Å². The summed E-state index contributed by atoms with van der Waals surface area (Å²) < 4.78 is 0. The molecule has 7 heteroatoms. The molecule has 142 valence electrons. The lowest BCUT2D eigenvalue weighted by Gasteiger charge is -2.25. The number of thiocarbonyl (C=S) groups is 1. The van der Waals surface area contributed by atoms with E-state index in [-0.39, 0.29) is 6.04 Å². The van der Waals surface area contributed by atoms with Crippen molar-refractivity contribution in [1.29, 1.82) is 0 Å². The van der Waals surface area contributed by atoms with Gasteiger partial charge in [0.15, 0.2) is 5.11 Å². The first kappa shape index (κ1) is 17.9. The quantitative estimate of drug-likeness (QED) is 0.464. The predicted octanol–water partition coefficient (Wildman–Crippen LogP) is 5.24. The number of hydrogen-bond acceptors (Lipinski definition) is 5. The summed E-state index contributed by atoms with van der Waals surface area (Å²) in [6, 6.07) is 20.1. The minimum atomic E-state index is -0.0452. The molecule has 1 atom stereocenters. The van der Waals surface area contributed by atoms with Gasteiger partial charge in [-0.05, 0) is 41.9 Å². The van der Waals surface area contributed by atoms with Gasteiger partial charge in [0.05, 0.1) is 27.7 Å². The number of nitrogens with one attached hydrogen (secondary N) is 1. The summed E-state index contributed by atoms with van der Waals surface area (Å²) in [7, 11) is 0. The van der Waals surface area contributed by atoms with E-state index in [0.29, 0.717) is 5.11 Å². The second-order valence-electron chi connectivity index (χ2n) is 6.66. The van der Waals surface area contributed by atoms with Gasteiger partial charge in [-0.3, -0.25) is 9.97 Å². The largest absolute Gasteiger partial charge is 0.331 e. The third-order valence-corrected chi connectivity index (χ3v) is 6.05. The van der Waals surface area contributed by atoms with Gasteiger partial charge in [0, 0.05) is 30.1 Å². The first-order chi connectivity index (χ1) is 14.3. The summed E-state index contributed by atoms with van der Waals surface area (Å²) >= 11 is 7.44. The van der Waals surface area contributed by atoms with E-state index in [1.54, 1.807) is 23.7 Å². The Morgan fingerprint density at radius 2 is 1.86 bits per heavy atom. The predicted molar refractivity (Wildman–Crippen MR) is 122 cm³/mol. The molecule has 29 heavy (non-hydrogen) atoms.